The van der Waals surface area contributed by atoms with Crippen LogP contribution in [0, 0.1) is 0 Å². The summed E-state index contributed by atoms with van der Waals surface area (Å²) in [5.74, 6) is -0.921. The van der Waals surface area contributed by atoms with Gasteiger partial charge in [-0.3, -0.25) is 0 Å². The fourth-order valence-corrected chi connectivity index (χ4v) is 1.65. The minimum Gasteiger partial charge on any atom is -0.478 e. The average Bonchev–Trinajstić information content (AvgIpc) is 2.73. The summed E-state index contributed by atoms with van der Waals surface area (Å²) in [6.45, 7) is 0. The standard InChI is InChI=1S/C9H5ClN2O3S/c10-5-1-2-7(6(3-5)8(13)14)15-9-12-11-4-16-9/h1-4H,(H,13,14). The van der Waals surface area contributed by atoms with E-state index in [9.17, 15) is 4.79 Å². The highest BCUT2D eigenvalue weighted by Crippen LogP contribution is 2.28. The van der Waals surface area contributed by atoms with Crippen molar-refractivity contribution in [1.82, 2.24) is 10.2 Å². The van der Waals surface area contributed by atoms with E-state index in [1.807, 2.05) is 0 Å². The number of halogens is 1. The fraction of sp³-hybridized carbons (Fsp3) is 0. The van der Waals surface area contributed by atoms with E-state index in [2.05, 4.69) is 10.2 Å². The first kappa shape index (κ1) is 10.8. The van der Waals surface area contributed by atoms with Crippen molar-refractivity contribution < 1.29 is 14.6 Å². The Morgan fingerprint density at radius 3 is 2.94 bits per heavy atom. The molecule has 16 heavy (non-hydrogen) atoms. The van der Waals surface area contributed by atoms with Crippen LogP contribution < -0.4 is 4.74 Å². The van der Waals surface area contributed by atoms with Crippen LogP contribution in [0.4, 0.5) is 0 Å². The van der Waals surface area contributed by atoms with Crippen LogP contribution in [0.3, 0.4) is 0 Å². The maximum atomic E-state index is 10.9. The third-order valence-corrected chi connectivity index (χ3v) is 2.51. The molecule has 0 fully saturated rings. The molecule has 0 unspecified atom stereocenters. The second-order valence-electron chi connectivity index (χ2n) is 2.75. The monoisotopic (exact) mass is 256 g/mol. The molecule has 0 bridgehead atoms. The summed E-state index contributed by atoms with van der Waals surface area (Å²) in [4.78, 5) is 10.9. The zero-order valence-electron chi connectivity index (χ0n) is 7.75. The molecule has 0 aliphatic rings. The quantitative estimate of drug-likeness (QED) is 0.914. The van der Waals surface area contributed by atoms with Gasteiger partial charge < -0.3 is 9.84 Å². The van der Waals surface area contributed by atoms with Crippen LogP contribution in [0.15, 0.2) is 23.7 Å². The van der Waals surface area contributed by atoms with Crippen LogP contribution >= 0.6 is 22.9 Å². The molecule has 5 nitrogen and oxygen atoms in total. The number of aromatic nitrogens is 2. The van der Waals surface area contributed by atoms with Gasteiger partial charge in [0.1, 0.15) is 16.8 Å². The van der Waals surface area contributed by atoms with Crippen LogP contribution in [0.2, 0.25) is 5.02 Å². The van der Waals surface area contributed by atoms with Crippen molar-refractivity contribution in [1.29, 1.82) is 0 Å². The molecule has 0 radical (unpaired) electrons. The average molecular weight is 257 g/mol. The molecular formula is C9H5ClN2O3S. The molecule has 0 saturated carbocycles. The molecule has 0 amide bonds. The van der Waals surface area contributed by atoms with E-state index in [-0.39, 0.29) is 16.5 Å². The Bertz CT molecular complexity index is 515. The SMILES string of the molecule is O=C(O)c1cc(Cl)ccc1Oc1nncs1. The third kappa shape index (κ3) is 2.29. The highest BCUT2D eigenvalue weighted by Gasteiger charge is 2.13. The van der Waals surface area contributed by atoms with Crippen molar-refractivity contribution in [3.63, 3.8) is 0 Å². The number of carbonyl (C=O) groups is 1. The Morgan fingerprint density at radius 2 is 2.31 bits per heavy atom. The maximum absolute atomic E-state index is 10.9. The van der Waals surface area contributed by atoms with Gasteiger partial charge in [-0.05, 0) is 18.2 Å². The largest absolute Gasteiger partial charge is 0.478 e. The fourth-order valence-electron chi connectivity index (χ4n) is 1.06. The number of hydrogen-bond acceptors (Lipinski definition) is 5. The molecule has 1 N–H and O–H groups in total. The van der Waals surface area contributed by atoms with Crippen LogP contribution in [0.1, 0.15) is 10.4 Å². The molecule has 0 saturated heterocycles. The maximum Gasteiger partial charge on any atom is 0.339 e. The van der Waals surface area contributed by atoms with Gasteiger partial charge in [0, 0.05) is 5.02 Å². The number of aromatic carboxylic acids is 1. The Kier molecular flexibility index (Phi) is 3.02. The molecule has 2 rings (SSSR count). The number of hydrogen-bond donors (Lipinski definition) is 1. The van der Waals surface area contributed by atoms with Crippen molar-refractivity contribution in [3.05, 3.63) is 34.3 Å². The minimum absolute atomic E-state index is 0.0114. The van der Waals surface area contributed by atoms with E-state index in [0.29, 0.717) is 5.02 Å². The molecule has 1 heterocycles. The predicted molar refractivity (Wildman–Crippen MR) is 58.4 cm³/mol. The van der Waals surface area contributed by atoms with Crippen molar-refractivity contribution >= 4 is 28.9 Å². The molecule has 0 atom stereocenters. The Hall–Kier alpha value is -1.66. The van der Waals surface area contributed by atoms with E-state index < -0.39 is 5.97 Å². The summed E-state index contributed by atoms with van der Waals surface area (Å²) in [6, 6.07) is 4.35. The summed E-state index contributed by atoms with van der Waals surface area (Å²) >= 11 is 6.87. The van der Waals surface area contributed by atoms with Crippen molar-refractivity contribution in [3.8, 4) is 10.9 Å². The molecule has 1 aromatic carbocycles. The molecular weight excluding hydrogens is 252 g/mol. The smallest absolute Gasteiger partial charge is 0.339 e. The molecule has 0 aliphatic heterocycles. The molecule has 7 heteroatoms. The van der Waals surface area contributed by atoms with Crippen LogP contribution in [-0.2, 0) is 0 Å². The van der Waals surface area contributed by atoms with E-state index in [1.165, 1.54) is 29.0 Å². The number of carboxylic acids is 1. The number of benzene rings is 1. The Morgan fingerprint density at radius 1 is 1.50 bits per heavy atom. The van der Waals surface area contributed by atoms with Crippen LogP contribution in [0.5, 0.6) is 10.9 Å². The van der Waals surface area contributed by atoms with Crippen molar-refractivity contribution in [2.75, 3.05) is 0 Å². The number of nitrogens with zero attached hydrogens (tertiary/aromatic N) is 2. The predicted octanol–water partition coefficient (Wildman–Crippen LogP) is 2.68. The number of ether oxygens (including phenoxy) is 1. The van der Waals surface area contributed by atoms with Crippen molar-refractivity contribution in [2.45, 2.75) is 0 Å². The Labute approximate surface area is 99.3 Å². The Balaban J connectivity index is 2.36. The molecule has 1 aromatic heterocycles. The van der Waals surface area contributed by atoms with Gasteiger partial charge >= 0.3 is 5.97 Å². The summed E-state index contributed by atoms with van der Waals surface area (Å²) in [5, 5.41) is 16.8. The lowest BCUT2D eigenvalue weighted by Crippen LogP contribution is -1.99. The summed E-state index contributed by atoms with van der Waals surface area (Å²) in [5.41, 5.74) is 1.48. The van der Waals surface area contributed by atoms with Crippen LogP contribution in [0.25, 0.3) is 0 Å². The number of carboxylic acid groups (broad SMARTS) is 1. The number of rotatable bonds is 3. The van der Waals surface area contributed by atoms with Gasteiger partial charge in [-0.2, -0.15) is 0 Å². The lowest BCUT2D eigenvalue weighted by Gasteiger charge is -2.05. The zero-order valence-corrected chi connectivity index (χ0v) is 9.33. The minimum atomic E-state index is -1.11. The zero-order chi connectivity index (χ0) is 11.5. The first-order valence-corrected chi connectivity index (χ1v) is 5.39. The normalized spacial score (nSPS) is 10.1. The highest BCUT2D eigenvalue weighted by molar-refractivity contribution is 7.11. The summed E-state index contributed by atoms with van der Waals surface area (Å²) < 4.78 is 5.27. The molecule has 82 valence electrons. The lowest BCUT2D eigenvalue weighted by atomic mass is 10.2. The third-order valence-electron chi connectivity index (χ3n) is 1.71. The second kappa shape index (κ2) is 4.46. The van der Waals surface area contributed by atoms with Crippen molar-refractivity contribution in [2.24, 2.45) is 0 Å². The van der Waals surface area contributed by atoms with Gasteiger partial charge in [0.15, 0.2) is 0 Å². The molecule has 2 aromatic rings. The van der Waals surface area contributed by atoms with Gasteiger partial charge in [-0.15, -0.1) is 5.10 Å². The van der Waals surface area contributed by atoms with Gasteiger partial charge in [-0.1, -0.05) is 28.0 Å². The van der Waals surface area contributed by atoms with Crippen LogP contribution in [-0.4, -0.2) is 21.3 Å². The first-order valence-electron chi connectivity index (χ1n) is 4.13. The molecule has 0 aliphatic carbocycles. The van der Waals surface area contributed by atoms with Gasteiger partial charge in [0.2, 0.25) is 0 Å². The summed E-state index contributed by atoms with van der Waals surface area (Å²) in [6.07, 6.45) is 0. The van der Waals surface area contributed by atoms with Gasteiger partial charge in [-0.25, -0.2) is 4.79 Å². The van der Waals surface area contributed by atoms with E-state index in [4.69, 9.17) is 21.4 Å². The van der Waals surface area contributed by atoms with E-state index in [0.717, 1.165) is 0 Å². The topological polar surface area (TPSA) is 72.3 Å². The highest BCUT2D eigenvalue weighted by atomic mass is 35.5. The lowest BCUT2D eigenvalue weighted by molar-refractivity contribution is 0.0694. The van der Waals surface area contributed by atoms with E-state index in [1.54, 1.807) is 6.07 Å². The second-order valence-corrected chi connectivity index (χ2v) is 3.98. The molecule has 0 spiro atoms. The first-order chi connectivity index (χ1) is 7.66. The summed E-state index contributed by atoms with van der Waals surface area (Å²) in [7, 11) is 0. The van der Waals surface area contributed by atoms with Gasteiger partial charge in [0.25, 0.3) is 5.19 Å². The van der Waals surface area contributed by atoms with Gasteiger partial charge in [0.05, 0.1) is 0 Å². The van der Waals surface area contributed by atoms with E-state index >= 15 is 0 Å².